The molecule has 0 radical (unpaired) electrons. The Morgan fingerprint density at radius 1 is 1.00 bits per heavy atom. The second kappa shape index (κ2) is 8.07. The highest BCUT2D eigenvalue weighted by Crippen LogP contribution is 2.40. The molecule has 1 aromatic heterocycles. The average Bonchev–Trinajstić information content (AvgIpc) is 3.16. The Labute approximate surface area is 154 Å². The summed E-state index contributed by atoms with van der Waals surface area (Å²) in [4.78, 5) is 30.9. The zero-order valence-corrected chi connectivity index (χ0v) is 14.4. The molecule has 0 bridgehead atoms. The Balaban J connectivity index is 1.68. The first kappa shape index (κ1) is 18.7. The number of benzene rings is 1. The number of rotatable bonds is 5. The molecule has 9 heteroatoms. The maximum Gasteiger partial charge on any atom is 0.317 e. The summed E-state index contributed by atoms with van der Waals surface area (Å²) < 4.78 is 24.2. The van der Waals surface area contributed by atoms with Crippen LogP contribution < -0.4 is 16.2 Å². The quantitative estimate of drug-likeness (QED) is 0.698. The van der Waals surface area contributed by atoms with Crippen molar-refractivity contribution in [3.8, 4) is 0 Å². The predicted octanol–water partition coefficient (Wildman–Crippen LogP) is 2.38. The van der Waals surface area contributed by atoms with Crippen molar-refractivity contribution in [3.05, 3.63) is 53.9 Å². The van der Waals surface area contributed by atoms with E-state index in [0.29, 0.717) is 5.95 Å². The molecule has 0 atom stereocenters. The van der Waals surface area contributed by atoms with Crippen molar-refractivity contribution in [2.75, 3.05) is 5.32 Å². The number of hydrazine groups is 1. The van der Waals surface area contributed by atoms with Crippen molar-refractivity contribution in [1.29, 1.82) is 0 Å². The van der Waals surface area contributed by atoms with Gasteiger partial charge in [0.05, 0.1) is 11.1 Å². The van der Waals surface area contributed by atoms with Gasteiger partial charge in [0.1, 0.15) is 0 Å². The van der Waals surface area contributed by atoms with Gasteiger partial charge in [-0.1, -0.05) is 43.2 Å². The van der Waals surface area contributed by atoms with E-state index in [0.717, 1.165) is 31.2 Å². The van der Waals surface area contributed by atoms with Gasteiger partial charge in [-0.15, -0.1) is 0 Å². The molecule has 1 saturated carbocycles. The topological polar surface area (TPSA) is 96.0 Å². The summed E-state index contributed by atoms with van der Waals surface area (Å²) >= 11 is 0. The summed E-state index contributed by atoms with van der Waals surface area (Å²) in [6, 6.07) is 10.1. The van der Waals surface area contributed by atoms with E-state index in [9.17, 15) is 18.4 Å². The Hall–Kier alpha value is -3.10. The van der Waals surface area contributed by atoms with Gasteiger partial charge in [0.15, 0.2) is 0 Å². The van der Waals surface area contributed by atoms with Crippen LogP contribution in [0.15, 0.2) is 42.7 Å². The zero-order valence-electron chi connectivity index (χ0n) is 14.4. The van der Waals surface area contributed by atoms with Gasteiger partial charge in [0.2, 0.25) is 5.95 Å². The van der Waals surface area contributed by atoms with Crippen LogP contribution in [0.25, 0.3) is 0 Å². The number of hydrogen-bond acceptors (Lipinski definition) is 5. The van der Waals surface area contributed by atoms with Gasteiger partial charge in [-0.3, -0.25) is 20.4 Å². The molecule has 3 rings (SSSR count). The molecule has 27 heavy (non-hydrogen) atoms. The van der Waals surface area contributed by atoms with Crippen molar-refractivity contribution in [3.63, 3.8) is 0 Å². The lowest BCUT2D eigenvalue weighted by Crippen LogP contribution is -2.44. The van der Waals surface area contributed by atoms with E-state index in [2.05, 4.69) is 27.4 Å². The number of amides is 2. The summed E-state index contributed by atoms with van der Waals surface area (Å²) in [5, 5.41) is 3.38. The van der Waals surface area contributed by atoms with Crippen LogP contribution in [-0.4, -0.2) is 28.2 Å². The molecule has 1 fully saturated rings. The maximum atomic E-state index is 12.1. The normalized spacial score (nSPS) is 15.4. The number of hydrogen-bond donors (Lipinski definition) is 3. The Morgan fingerprint density at radius 2 is 1.63 bits per heavy atom. The summed E-state index contributed by atoms with van der Waals surface area (Å²) in [6.07, 6.45) is 3.40. The molecule has 3 N–H and O–H groups in total. The Morgan fingerprint density at radius 3 is 2.22 bits per heavy atom. The van der Waals surface area contributed by atoms with Gasteiger partial charge in [0, 0.05) is 12.4 Å². The van der Waals surface area contributed by atoms with Gasteiger partial charge < -0.3 is 5.32 Å². The van der Waals surface area contributed by atoms with Crippen LogP contribution in [-0.2, 0) is 10.3 Å². The van der Waals surface area contributed by atoms with Crippen LogP contribution in [0, 0.1) is 0 Å². The van der Waals surface area contributed by atoms with Gasteiger partial charge >= 0.3 is 12.3 Å². The van der Waals surface area contributed by atoms with Crippen LogP contribution in [0.4, 0.5) is 14.7 Å². The van der Waals surface area contributed by atoms with Crippen LogP contribution in [0.5, 0.6) is 0 Å². The molecular weight excluding hydrogens is 356 g/mol. The minimum Gasteiger partial charge on any atom is -0.345 e. The van der Waals surface area contributed by atoms with Crippen LogP contribution in [0.3, 0.4) is 0 Å². The molecule has 1 heterocycles. The van der Waals surface area contributed by atoms with Crippen LogP contribution >= 0.6 is 0 Å². The van der Waals surface area contributed by atoms with Gasteiger partial charge in [-0.25, -0.2) is 9.97 Å². The van der Waals surface area contributed by atoms with E-state index in [-0.39, 0.29) is 11.1 Å². The minimum absolute atomic E-state index is 0.0373. The van der Waals surface area contributed by atoms with Crippen molar-refractivity contribution in [2.45, 2.75) is 37.6 Å². The lowest BCUT2D eigenvalue weighted by Gasteiger charge is -2.31. The molecule has 1 aliphatic carbocycles. The summed E-state index contributed by atoms with van der Waals surface area (Å²) in [5.74, 6) is -2.00. The van der Waals surface area contributed by atoms with Crippen molar-refractivity contribution >= 4 is 17.8 Å². The van der Waals surface area contributed by atoms with Gasteiger partial charge in [0.25, 0.3) is 5.91 Å². The molecule has 1 aromatic carbocycles. The maximum absolute atomic E-state index is 12.1. The van der Waals surface area contributed by atoms with Crippen LogP contribution in [0.2, 0.25) is 0 Å². The number of alkyl halides is 2. The molecule has 0 spiro atoms. The van der Waals surface area contributed by atoms with E-state index in [1.165, 1.54) is 12.4 Å². The molecule has 0 saturated heterocycles. The number of nitrogens with zero attached hydrogens (tertiary/aromatic N) is 2. The second-order valence-electron chi connectivity index (χ2n) is 6.32. The number of anilines is 1. The third-order valence-electron chi connectivity index (χ3n) is 4.55. The Kier molecular flexibility index (Phi) is 5.58. The fraction of sp³-hybridized carbons (Fsp3) is 0.333. The van der Waals surface area contributed by atoms with E-state index in [1.807, 2.05) is 23.6 Å². The predicted molar refractivity (Wildman–Crippen MR) is 93.9 cm³/mol. The summed E-state index contributed by atoms with van der Waals surface area (Å²) in [6.45, 7) is 0. The molecule has 2 amide bonds. The first-order valence-corrected chi connectivity index (χ1v) is 8.54. The molecule has 0 aliphatic heterocycles. The number of nitrogens with one attached hydrogen (secondary N) is 3. The lowest BCUT2D eigenvalue weighted by molar-refractivity contribution is -0.132. The average molecular weight is 375 g/mol. The zero-order chi connectivity index (χ0) is 19.3. The molecule has 7 nitrogen and oxygen atoms in total. The third-order valence-corrected chi connectivity index (χ3v) is 4.55. The largest absolute Gasteiger partial charge is 0.345 e. The minimum atomic E-state index is -3.21. The molecular formula is C18H19F2N5O2. The molecule has 142 valence electrons. The lowest BCUT2D eigenvalue weighted by atomic mass is 9.88. The number of aromatic nitrogens is 2. The number of carbonyl (C=O) groups is 2. The molecule has 2 aromatic rings. The fourth-order valence-corrected chi connectivity index (χ4v) is 3.19. The Bertz CT molecular complexity index is 793. The van der Waals surface area contributed by atoms with Gasteiger partial charge in [-0.05, 0) is 18.4 Å². The van der Waals surface area contributed by atoms with Crippen molar-refractivity contribution < 1.29 is 18.4 Å². The van der Waals surface area contributed by atoms with Crippen molar-refractivity contribution in [1.82, 2.24) is 20.8 Å². The first-order valence-electron chi connectivity index (χ1n) is 8.54. The standard InChI is InChI=1S/C18H19F2N5O2/c19-14(20)16(27)25-24-15(26)12-10-21-17(22-11-12)23-18(8-4-5-9-18)13-6-2-1-3-7-13/h1-3,6-7,10-11,14H,4-5,8-9H2,(H,24,26)(H,25,27)(H,21,22,23). The molecule has 0 unspecified atom stereocenters. The van der Waals surface area contributed by atoms with E-state index >= 15 is 0 Å². The number of halogens is 2. The van der Waals surface area contributed by atoms with E-state index in [4.69, 9.17) is 0 Å². The first-order chi connectivity index (χ1) is 13.0. The molecule has 1 aliphatic rings. The van der Waals surface area contributed by atoms with E-state index in [1.54, 1.807) is 5.43 Å². The second-order valence-corrected chi connectivity index (χ2v) is 6.32. The summed E-state index contributed by atoms with van der Waals surface area (Å²) in [5.41, 5.74) is 4.45. The number of carbonyl (C=O) groups excluding carboxylic acids is 2. The monoisotopic (exact) mass is 375 g/mol. The van der Waals surface area contributed by atoms with Gasteiger partial charge in [-0.2, -0.15) is 8.78 Å². The highest BCUT2D eigenvalue weighted by atomic mass is 19.3. The van der Waals surface area contributed by atoms with E-state index < -0.39 is 18.2 Å². The fourth-order valence-electron chi connectivity index (χ4n) is 3.19. The third kappa shape index (κ3) is 4.36. The summed E-state index contributed by atoms with van der Waals surface area (Å²) in [7, 11) is 0. The smallest absolute Gasteiger partial charge is 0.317 e. The highest BCUT2D eigenvalue weighted by molar-refractivity contribution is 5.95. The van der Waals surface area contributed by atoms with Crippen molar-refractivity contribution in [2.24, 2.45) is 0 Å². The SMILES string of the molecule is O=C(NNC(=O)C(F)F)c1cnc(NC2(c3ccccc3)CCCC2)nc1. The van der Waals surface area contributed by atoms with Crippen LogP contribution in [0.1, 0.15) is 41.6 Å². The highest BCUT2D eigenvalue weighted by Gasteiger charge is 2.36.